The van der Waals surface area contributed by atoms with Crippen molar-refractivity contribution in [3.8, 4) is 17.0 Å². The summed E-state index contributed by atoms with van der Waals surface area (Å²) in [7, 11) is 0. The topological polar surface area (TPSA) is 22.1 Å². The highest BCUT2D eigenvalue weighted by molar-refractivity contribution is 6.30. The van der Waals surface area contributed by atoms with Crippen molar-refractivity contribution in [1.82, 2.24) is 4.98 Å². The number of benzene rings is 1. The maximum absolute atomic E-state index is 5.90. The average Bonchev–Trinajstić information content (AvgIpc) is 3.22. The van der Waals surface area contributed by atoms with Gasteiger partial charge in [-0.15, -0.1) is 0 Å². The number of halogens is 1. The van der Waals surface area contributed by atoms with Crippen molar-refractivity contribution in [2.75, 3.05) is 6.61 Å². The molecule has 18 heavy (non-hydrogen) atoms. The second-order valence-corrected chi connectivity index (χ2v) is 5.05. The minimum absolute atomic E-state index is 0.715. The standard InChI is InChI=1S/C15H14ClNO/c16-13-7-5-12(6-8-13)14-2-1-9-17-15(14)18-10-11-3-4-11/h1-2,5-9,11H,3-4,10H2. The molecule has 0 radical (unpaired) electrons. The van der Waals surface area contributed by atoms with Crippen LogP contribution < -0.4 is 4.74 Å². The zero-order valence-electron chi connectivity index (χ0n) is 9.97. The number of nitrogens with zero attached hydrogens (tertiary/aromatic N) is 1. The lowest BCUT2D eigenvalue weighted by atomic mass is 10.1. The van der Waals surface area contributed by atoms with E-state index in [9.17, 15) is 0 Å². The minimum atomic E-state index is 0.715. The van der Waals surface area contributed by atoms with Crippen LogP contribution in [0.4, 0.5) is 0 Å². The fourth-order valence-electron chi connectivity index (χ4n) is 1.84. The van der Waals surface area contributed by atoms with Crippen molar-refractivity contribution < 1.29 is 4.74 Å². The molecule has 2 nitrogen and oxygen atoms in total. The molecule has 92 valence electrons. The van der Waals surface area contributed by atoms with Gasteiger partial charge in [-0.25, -0.2) is 4.98 Å². The van der Waals surface area contributed by atoms with Crippen LogP contribution >= 0.6 is 11.6 Å². The molecule has 0 amide bonds. The average molecular weight is 260 g/mol. The first-order valence-corrected chi connectivity index (χ1v) is 6.54. The van der Waals surface area contributed by atoms with E-state index in [0.717, 1.165) is 28.7 Å². The SMILES string of the molecule is Clc1ccc(-c2cccnc2OCC2CC2)cc1. The van der Waals surface area contributed by atoms with Crippen LogP contribution in [0.15, 0.2) is 42.6 Å². The largest absolute Gasteiger partial charge is 0.477 e. The van der Waals surface area contributed by atoms with Gasteiger partial charge in [-0.1, -0.05) is 23.7 Å². The predicted octanol–water partition coefficient (Wildman–Crippen LogP) is 4.19. The summed E-state index contributed by atoms with van der Waals surface area (Å²) in [6.45, 7) is 0.775. The Morgan fingerprint density at radius 2 is 1.94 bits per heavy atom. The maximum atomic E-state index is 5.90. The quantitative estimate of drug-likeness (QED) is 0.821. The molecule has 1 aliphatic carbocycles. The molecular weight excluding hydrogens is 246 g/mol. The number of aromatic nitrogens is 1. The van der Waals surface area contributed by atoms with Crippen LogP contribution in [0.5, 0.6) is 5.88 Å². The first-order chi connectivity index (χ1) is 8.83. The molecule has 0 atom stereocenters. The molecule has 1 aromatic heterocycles. The smallest absolute Gasteiger partial charge is 0.221 e. The van der Waals surface area contributed by atoms with E-state index in [1.165, 1.54) is 12.8 Å². The third-order valence-corrected chi connectivity index (χ3v) is 3.33. The summed E-state index contributed by atoms with van der Waals surface area (Å²) in [4.78, 5) is 4.32. The molecule has 1 fully saturated rings. The number of ether oxygens (including phenoxy) is 1. The van der Waals surface area contributed by atoms with Gasteiger partial charge in [0.1, 0.15) is 0 Å². The lowest BCUT2D eigenvalue weighted by Gasteiger charge is -2.09. The molecule has 0 unspecified atom stereocenters. The van der Waals surface area contributed by atoms with Crippen LogP contribution in [-0.2, 0) is 0 Å². The molecule has 0 N–H and O–H groups in total. The first-order valence-electron chi connectivity index (χ1n) is 6.17. The molecule has 0 bridgehead atoms. The van der Waals surface area contributed by atoms with Crippen LogP contribution in [0, 0.1) is 5.92 Å². The molecular formula is C15H14ClNO. The van der Waals surface area contributed by atoms with Gasteiger partial charge in [0.25, 0.3) is 0 Å². The van der Waals surface area contributed by atoms with Gasteiger partial charge in [0, 0.05) is 16.8 Å². The number of rotatable bonds is 4. The second-order valence-electron chi connectivity index (χ2n) is 4.62. The van der Waals surface area contributed by atoms with E-state index in [1.54, 1.807) is 6.20 Å². The lowest BCUT2D eigenvalue weighted by molar-refractivity contribution is 0.290. The highest BCUT2D eigenvalue weighted by atomic mass is 35.5. The number of hydrogen-bond donors (Lipinski definition) is 0. The van der Waals surface area contributed by atoms with Gasteiger partial charge in [0.2, 0.25) is 5.88 Å². The molecule has 3 rings (SSSR count). The van der Waals surface area contributed by atoms with Crippen LogP contribution in [0.2, 0.25) is 5.02 Å². The Kier molecular flexibility index (Phi) is 3.20. The molecule has 1 aliphatic rings. The molecule has 0 spiro atoms. The summed E-state index contributed by atoms with van der Waals surface area (Å²) >= 11 is 5.90. The van der Waals surface area contributed by atoms with E-state index < -0.39 is 0 Å². The summed E-state index contributed by atoms with van der Waals surface area (Å²) < 4.78 is 5.80. The zero-order chi connectivity index (χ0) is 12.4. The van der Waals surface area contributed by atoms with Crippen molar-refractivity contribution in [2.45, 2.75) is 12.8 Å². The van der Waals surface area contributed by atoms with E-state index in [0.29, 0.717) is 5.88 Å². The molecule has 0 aliphatic heterocycles. The minimum Gasteiger partial charge on any atom is -0.477 e. The van der Waals surface area contributed by atoms with Crippen LogP contribution in [0.25, 0.3) is 11.1 Å². The Labute approximate surface area is 112 Å². The van der Waals surface area contributed by atoms with Gasteiger partial charge in [-0.2, -0.15) is 0 Å². The van der Waals surface area contributed by atoms with E-state index in [4.69, 9.17) is 16.3 Å². The number of hydrogen-bond acceptors (Lipinski definition) is 2. The fourth-order valence-corrected chi connectivity index (χ4v) is 1.96. The molecule has 1 heterocycles. The maximum Gasteiger partial charge on any atom is 0.221 e. The van der Waals surface area contributed by atoms with Gasteiger partial charge >= 0.3 is 0 Å². The summed E-state index contributed by atoms with van der Waals surface area (Å²) in [5.74, 6) is 1.44. The molecule has 1 aromatic carbocycles. The van der Waals surface area contributed by atoms with Crippen molar-refractivity contribution in [2.24, 2.45) is 5.92 Å². The third-order valence-electron chi connectivity index (χ3n) is 3.08. The van der Waals surface area contributed by atoms with Crippen molar-refractivity contribution in [1.29, 1.82) is 0 Å². The molecule has 3 heteroatoms. The van der Waals surface area contributed by atoms with Crippen LogP contribution in [0.1, 0.15) is 12.8 Å². The van der Waals surface area contributed by atoms with Gasteiger partial charge in [0.05, 0.1) is 6.61 Å². The molecule has 0 saturated heterocycles. The lowest BCUT2D eigenvalue weighted by Crippen LogP contribution is -2.01. The normalized spacial score (nSPS) is 14.5. The van der Waals surface area contributed by atoms with Crippen molar-refractivity contribution >= 4 is 11.6 Å². The highest BCUT2D eigenvalue weighted by Gasteiger charge is 2.22. The monoisotopic (exact) mass is 259 g/mol. The van der Waals surface area contributed by atoms with Crippen molar-refractivity contribution in [3.05, 3.63) is 47.6 Å². The summed E-state index contributed by atoms with van der Waals surface area (Å²) in [6.07, 6.45) is 4.33. The summed E-state index contributed by atoms with van der Waals surface area (Å²) in [5.41, 5.74) is 2.10. The Balaban J connectivity index is 1.87. The second kappa shape index (κ2) is 4.99. The highest BCUT2D eigenvalue weighted by Crippen LogP contribution is 2.32. The van der Waals surface area contributed by atoms with E-state index in [-0.39, 0.29) is 0 Å². The van der Waals surface area contributed by atoms with Crippen LogP contribution in [-0.4, -0.2) is 11.6 Å². The Bertz CT molecular complexity index is 534. The Hall–Kier alpha value is -1.54. The Morgan fingerprint density at radius 1 is 1.17 bits per heavy atom. The Morgan fingerprint density at radius 3 is 2.67 bits per heavy atom. The first kappa shape index (κ1) is 11.5. The third kappa shape index (κ3) is 2.65. The predicted molar refractivity (Wildman–Crippen MR) is 72.9 cm³/mol. The van der Waals surface area contributed by atoms with E-state index >= 15 is 0 Å². The fraction of sp³-hybridized carbons (Fsp3) is 0.267. The molecule has 2 aromatic rings. The summed E-state index contributed by atoms with van der Waals surface area (Å²) in [6, 6.07) is 11.7. The van der Waals surface area contributed by atoms with Gasteiger partial charge < -0.3 is 4.74 Å². The van der Waals surface area contributed by atoms with E-state index in [1.807, 2.05) is 36.4 Å². The van der Waals surface area contributed by atoms with Crippen molar-refractivity contribution in [3.63, 3.8) is 0 Å². The summed E-state index contributed by atoms with van der Waals surface area (Å²) in [5, 5.41) is 0.739. The van der Waals surface area contributed by atoms with Gasteiger partial charge in [0.15, 0.2) is 0 Å². The van der Waals surface area contributed by atoms with Gasteiger partial charge in [-0.05, 0) is 48.6 Å². The zero-order valence-corrected chi connectivity index (χ0v) is 10.7. The van der Waals surface area contributed by atoms with Crippen LogP contribution in [0.3, 0.4) is 0 Å². The van der Waals surface area contributed by atoms with Gasteiger partial charge in [-0.3, -0.25) is 0 Å². The molecule has 1 saturated carbocycles. The van der Waals surface area contributed by atoms with E-state index in [2.05, 4.69) is 4.98 Å². The number of pyridine rings is 1.